The Hall–Kier alpha value is -6.26. The first-order chi connectivity index (χ1) is 22.8. The molecule has 0 radical (unpaired) electrons. The molecule has 0 bridgehead atoms. The van der Waals surface area contributed by atoms with Crippen LogP contribution < -0.4 is 0 Å². The molecule has 0 saturated heterocycles. The Morgan fingerprint density at radius 3 is 1.96 bits per heavy atom. The smallest absolute Gasteiger partial charge is 0.197 e. The Bertz CT molecular complexity index is 2810. The molecular weight excluding hydrogens is 562 g/mol. The number of hydrogen-bond acceptors (Lipinski definition) is 3. The van der Waals surface area contributed by atoms with E-state index in [4.69, 9.17) is 14.4 Å². The predicted molar refractivity (Wildman–Crippen MR) is 190 cm³/mol. The van der Waals surface area contributed by atoms with Gasteiger partial charge in [-0.3, -0.25) is 4.57 Å². The zero-order valence-electron chi connectivity index (χ0n) is 24.7. The van der Waals surface area contributed by atoms with Gasteiger partial charge in [0.05, 0.1) is 11.0 Å². The van der Waals surface area contributed by atoms with Gasteiger partial charge in [0.15, 0.2) is 17.2 Å². The molecule has 10 rings (SSSR count). The normalized spacial score (nSPS) is 11.9. The third-order valence-electron chi connectivity index (χ3n) is 9.16. The number of aromatic nitrogens is 3. The molecule has 0 unspecified atom stereocenters. The van der Waals surface area contributed by atoms with Gasteiger partial charge in [0.2, 0.25) is 0 Å². The standard InChI is InChI=1S/C42H25N3O/c1-2-11-27(12-3-1)41-43-39-35-24-32(31-19-18-26-10-4-5-13-28(26)22-31)20-21-38(35)46-40(39)42(44-41)45-36-17-9-8-16-33(36)34-23-29-14-6-7-15-30(29)25-37(34)45/h1-25H. The van der Waals surface area contributed by atoms with Crippen molar-refractivity contribution in [1.29, 1.82) is 0 Å². The van der Waals surface area contributed by atoms with E-state index in [1.165, 1.54) is 32.3 Å². The molecule has 0 fully saturated rings. The van der Waals surface area contributed by atoms with Crippen molar-refractivity contribution in [2.24, 2.45) is 0 Å². The Labute approximate surface area is 263 Å². The van der Waals surface area contributed by atoms with Gasteiger partial charge >= 0.3 is 0 Å². The van der Waals surface area contributed by atoms with Crippen molar-refractivity contribution in [3.05, 3.63) is 152 Å². The highest BCUT2D eigenvalue weighted by molar-refractivity contribution is 6.15. The molecule has 214 valence electrons. The number of rotatable bonds is 3. The van der Waals surface area contributed by atoms with E-state index in [-0.39, 0.29) is 0 Å². The second kappa shape index (κ2) is 9.62. The number of para-hydroxylation sites is 1. The van der Waals surface area contributed by atoms with Crippen molar-refractivity contribution in [2.75, 3.05) is 0 Å². The molecule has 4 heteroatoms. The van der Waals surface area contributed by atoms with Crippen LogP contribution in [0.1, 0.15) is 0 Å². The third kappa shape index (κ3) is 3.74. The van der Waals surface area contributed by atoms with Crippen molar-refractivity contribution < 1.29 is 4.42 Å². The highest BCUT2D eigenvalue weighted by atomic mass is 16.3. The van der Waals surface area contributed by atoms with Crippen molar-refractivity contribution in [2.45, 2.75) is 0 Å². The molecule has 46 heavy (non-hydrogen) atoms. The lowest BCUT2D eigenvalue weighted by atomic mass is 10.00. The lowest BCUT2D eigenvalue weighted by Gasteiger charge is -2.10. The monoisotopic (exact) mass is 587 g/mol. The summed E-state index contributed by atoms with van der Waals surface area (Å²) in [7, 11) is 0. The minimum atomic E-state index is 0.661. The van der Waals surface area contributed by atoms with Crippen molar-refractivity contribution >= 4 is 65.4 Å². The molecule has 7 aromatic carbocycles. The number of hydrogen-bond donors (Lipinski definition) is 0. The van der Waals surface area contributed by atoms with Crippen LogP contribution in [-0.2, 0) is 0 Å². The van der Waals surface area contributed by atoms with Gasteiger partial charge in [0.1, 0.15) is 11.1 Å². The van der Waals surface area contributed by atoms with Gasteiger partial charge < -0.3 is 4.42 Å². The summed E-state index contributed by atoms with van der Waals surface area (Å²) in [5.41, 5.74) is 7.63. The number of fused-ring (bicyclic) bond motifs is 8. The summed E-state index contributed by atoms with van der Waals surface area (Å²) in [6.07, 6.45) is 0. The summed E-state index contributed by atoms with van der Waals surface area (Å²) in [6.45, 7) is 0. The Morgan fingerprint density at radius 2 is 1.11 bits per heavy atom. The fraction of sp³-hybridized carbons (Fsp3) is 0. The molecule has 0 aliphatic rings. The molecule has 3 aromatic heterocycles. The van der Waals surface area contributed by atoms with Crippen LogP contribution in [0.4, 0.5) is 0 Å². The van der Waals surface area contributed by atoms with Crippen LogP contribution in [0.3, 0.4) is 0 Å². The van der Waals surface area contributed by atoms with Crippen LogP contribution >= 0.6 is 0 Å². The third-order valence-corrected chi connectivity index (χ3v) is 9.16. The molecule has 0 aliphatic carbocycles. The largest absolute Gasteiger partial charge is 0.450 e. The number of benzene rings is 7. The summed E-state index contributed by atoms with van der Waals surface area (Å²) in [5.74, 6) is 1.39. The molecule has 10 aromatic rings. The Kier molecular flexibility index (Phi) is 5.25. The first kappa shape index (κ1) is 25.1. The van der Waals surface area contributed by atoms with Crippen LogP contribution in [0.2, 0.25) is 0 Å². The maximum absolute atomic E-state index is 6.70. The fourth-order valence-corrected chi connectivity index (χ4v) is 6.93. The van der Waals surface area contributed by atoms with Crippen molar-refractivity contribution in [3.8, 4) is 28.3 Å². The minimum absolute atomic E-state index is 0.661. The van der Waals surface area contributed by atoms with Gasteiger partial charge in [-0.2, -0.15) is 0 Å². The molecule has 0 N–H and O–H groups in total. The van der Waals surface area contributed by atoms with E-state index in [0.717, 1.165) is 50.0 Å². The molecule has 0 amide bonds. The Morgan fingerprint density at radius 1 is 0.435 bits per heavy atom. The van der Waals surface area contributed by atoms with Crippen molar-refractivity contribution in [1.82, 2.24) is 14.5 Å². The second-order valence-corrected chi connectivity index (χ2v) is 11.9. The van der Waals surface area contributed by atoms with E-state index in [2.05, 4.69) is 138 Å². The highest BCUT2D eigenvalue weighted by Gasteiger charge is 2.22. The van der Waals surface area contributed by atoms with E-state index in [1.807, 2.05) is 18.2 Å². The molecule has 3 heterocycles. The van der Waals surface area contributed by atoms with Gasteiger partial charge in [-0.1, -0.05) is 115 Å². The maximum atomic E-state index is 6.70. The van der Waals surface area contributed by atoms with E-state index in [9.17, 15) is 0 Å². The zero-order valence-corrected chi connectivity index (χ0v) is 24.7. The van der Waals surface area contributed by atoms with Crippen molar-refractivity contribution in [3.63, 3.8) is 0 Å². The highest BCUT2D eigenvalue weighted by Crippen LogP contribution is 2.40. The van der Waals surface area contributed by atoms with Crippen LogP contribution in [0.5, 0.6) is 0 Å². The zero-order chi connectivity index (χ0) is 30.2. The van der Waals surface area contributed by atoms with Gasteiger partial charge in [0, 0.05) is 21.7 Å². The Balaban J connectivity index is 1.30. The SMILES string of the molecule is c1ccc(-c2nc(-n3c4ccccc4c4cc5ccccc5cc43)c3oc4ccc(-c5ccc6ccccc6c5)cc4c3n2)cc1. The summed E-state index contributed by atoms with van der Waals surface area (Å²) >= 11 is 0. The average molecular weight is 588 g/mol. The first-order valence-electron chi connectivity index (χ1n) is 15.5. The van der Waals surface area contributed by atoms with Gasteiger partial charge in [-0.25, -0.2) is 9.97 Å². The quantitative estimate of drug-likeness (QED) is 0.207. The lowest BCUT2D eigenvalue weighted by molar-refractivity contribution is 0.662. The van der Waals surface area contributed by atoms with Crippen LogP contribution in [-0.4, -0.2) is 14.5 Å². The molecule has 0 atom stereocenters. The van der Waals surface area contributed by atoms with E-state index >= 15 is 0 Å². The first-order valence-corrected chi connectivity index (χ1v) is 15.5. The summed E-state index contributed by atoms with van der Waals surface area (Å²) in [6, 6.07) is 53.3. The van der Waals surface area contributed by atoms with Gasteiger partial charge in [-0.15, -0.1) is 0 Å². The second-order valence-electron chi connectivity index (χ2n) is 11.9. The van der Waals surface area contributed by atoms with E-state index in [0.29, 0.717) is 11.4 Å². The van der Waals surface area contributed by atoms with E-state index in [1.54, 1.807) is 0 Å². The van der Waals surface area contributed by atoms with Crippen LogP contribution in [0.25, 0.3) is 93.8 Å². The molecular formula is C42H25N3O. The number of furan rings is 1. The predicted octanol–water partition coefficient (Wildman–Crippen LogP) is 11.1. The lowest BCUT2D eigenvalue weighted by Crippen LogP contribution is -2.01. The van der Waals surface area contributed by atoms with Crippen LogP contribution in [0.15, 0.2) is 156 Å². The number of nitrogens with zero attached hydrogens (tertiary/aromatic N) is 3. The summed E-state index contributed by atoms with van der Waals surface area (Å²) in [5, 5.41) is 8.14. The molecule has 0 saturated carbocycles. The van der Waals surface area contributed by atoms with Gasteiger partial charge in [0.25, 0.3) is 0 Å². The molecule has 4 nitrogen and oxygen atoms in total. The maximum Gasteiger partial charge on any atom is 0.197 e. The van der Waals surface area contributed by atoms with E-state index < -0.39 is 0 Å². The molecule has 0 aliphatic heterocycles. The summed E-state index contributed by atoms with van der Waals surface area (Å²) < 4.78 is 8.95. The summed E-state index contributed by atoms with van der Waals surface area (Å²) in [4.78, 5) is 10.4. The molecule has 0 spiro atoms. The van der Waals surface area contributed by atoms with Gasteiger partial charge in [-0.05, 0) is 69.1 Å². The minimum Gasteiger partial charge on any atom is -0.450 e. The average Bonchev–Trinajstić information content (AvgIpc) is 3.65. The topological polar surface area (TPSA) is 43.9 Å². The fourth-order valence-electron chi connectivity index (χ4n) is 6.93. The van der Waals surface area contributed by atoms with Crippen LogP contribution in [0, 0.1) is 0 Å².